The van der Waals surface area contributed by atoms with Crippen LogP contribution in [0.15, 0.2) is 28.2 Å². The van der Waals surface area contributed by atoms with Gasteiger partial charge in [-0.25, -0.2) is 0 Å². The summed E-state index contributed by atoms with van der Waals surface area (Å²) in [6.07, 6.45) is 1.000. The Kier molecular flexibility index (Phi) is 6.29. The third-order valence-electron chi connectivity index (χ3n) is 1.79. The largest absolute Gasteiger partial charge is 0.262 e. The molecule has 0 aliphatic heterocycles. The maximum absolute atomic E-state index is 3.87. The monoisotopic (exact) mass is 190 g/mol. The SMILES string of the molecule is C=Nc1ccc(CC)cc1N=C.CC. The Morgan fingerprint density at radius 2 is 1.64 bits per heavy atom. The summed E-state index contributed by atoms with van der Waals surface area (Å²) in [5.41, 5.74) is 2.84. The number of hydrogen-bond acceptors (Lipinski definition) is 2. The van der Waals surface area contributed by atoms with Gasteiger partial charge in [-0.2, -0.15) is 0 Å². The van der Waals surface area contributed by atoms with Crippen molar-refractivity contribution in [3.63, 3.8) is 0 Å². The number of hydrogen-bond donors (Lipinski definition) is 0. The summed E-state index contributed by atoms with van der Waals surface area (Å²) in [7, 11) is 0. The lowest BCUT2D eigenvalue weighted by molar-refractivity contribution is 1.14. The fourth-order valence-corrected chi connectivity index (χ4v) is 1.05. The molecule has 76 valence electrons. The Labute approximate surface area is 86.4 Å². The van der Waals surface area contributed by atoms with Gasteiger partial charge in [0.1, 0.15) is 0 Å². The molecule has 0 N–H and O–H groups in total. The molecule has 1 aromatic rings. The highest BCUT2D eigenvalue weighted by Gasteiger charge is 1.98. The van der Waals surface area contributed by atoms with Crippen molar-refractivity contribution in [1.82, 2.24) is 0 Å². The second-order valence-electron chi connectivity index (χ2n) is 2.49. The molecule has 14 heavy (non-hydrogen) atoms. The van der Waals surface area contributed by atoms with Crippen LogP contribution in [0.3, 0.4) is 0 Å². The lowest BCUT2D eigenvalue weighted by Crippen LogP contribution is -1.78. The van der Waals surface area contributed by atoms with E-state index < -0.39 is 0 Å². The Balaban J connectivity index is 0.000000791. The van der Waals surface area contributed by atoms with Crippen LogP contribution in [-0.2, 0) is 6.42 Å². The van der Waals surface area contributed by atoms with Gasteiger partial charge in [-0.3, -0.25) is 9.98 Å². The molecule has 1 rings (SSSR count). The molecule has 0 heterocycles. The van der Waals surface area contributed by atoms with Crippen LogP contribution in [0.2, 0.25) is 0 Å². The fourth-order valence-electron chi connectivity index (χ4n) is 1.05. The summed E-state index contributed by atoms with van der Waals surface area (Å²) in [6.45, 7) is 13.0. The molecule has 0 unspecified atom stereocenters. The number of benzene rings is 1. The molecular weight excluding hydrogens is 172 g/mol. The number of aliphatic imine (C=N–C) groups is 2. The van der Waals surface area contributed by atoms with Crippen LogP contribution in [0.5, 0.6) is 0 Å². The van der Waals surface area contributed by atoms with Crippen LogP contribution in [0.25, 0.3) is 0 Å². The summed E-state index contributed by atoms with van der Waals surface area (Å²) < 4.78 is 0. The van der Waals surface area contributed by atoms with Crippen molar-refractivity contribution in [3.05, 3.63) is 23.8 Å². The van der Waals surface area contributed by atoms with Crippen LogP contribution < -0.4 is 0 Å². The van der Waals surface area contributed by atoms with E-state index in [1.807, 2.05) is 32.0 Å². The van der Waals surface area contributed by atoms with Crippen molar-refractivity contribution in [2.24, 2.45) is 9.98 Å². The van der Waals surface area contributed by atoms with Crippen molar-refractivity contribution in [2.75, 3.05) is 0 Å². The van der Waals surface area contributed by atoms with Crippen molar-refractivity contribution in [2.45, 2.75) is 27.2 Å². The lowest BCUT2D eigenvalue weighted by atomic mass is 10.1. The second kappa shape index (κ2) is 7.01. The molecule has 0 aliphatic rings. The zero-order chi connectivity index (χ0) is 11.0. The molecule has 0 fully saturated rings. The first-order chi connectivity index (χ1) is 6.81. The van der Waals surface area contributed by atoms with Gasteiger partial charge >= 0.3 is 0 Å². The number of aryl methyl sites for hydroxylation is 1. The number of rotatable bonds is 3. The second-order valence-corrected chi connectivity index (χ2v) is 2.49. The molecule has 2 nitrogen and oxygen atoms in total. The molecule has 0 aromatic heterocycles. The van der Waals surface area contributed by atoms with Crippen LogP contribution >= 0.6 is 0 Å². The first-order valence-corrected chi connectivity index (χ1v) is 4.88. The molecule has 1 aromatic carbocycles. The van der Waals surface area contributed by atoms with Gasteiger partial charge in [0.2, 0.25) is 0 Å². The Hall–Kier alpha value is -1.44. The van der Waals surface area contributed by atoms with E-state index in [4.69, 9.17) is 0 Å². The molecule has 0 spiro atoms. The topological polar surface area (TPSA) is 24.7 Å². The fraction of sp³-hybridized carbons (Fsp3) is 0.333. The third-order valence-corrected chi connectivity index (χ3v) is 1.79. The minimum Gasteiger partial charge on any atom is -0.262 e. The highest BCUT2D eigenvalue weighted by Crippen LogP contribution is 2.27. The van der Waals surface area contributed by atoms with E-state index in [9.17, 15) is 0 Å². The van der Waals surface area contributed by atoms with E-state index >= 15 is 0 Å². The smallest absolute Gasteiger partial charge is 0.0881 e. The zero-order valence-electron chi connectivity index (χ0n) is 9.25. The predicted octanol–water partition coefficient (Wildman–Crippen LogP) is 3.94. The quantitative estimate of drug-likeness (QED) is 0.645. The van der Waals surface area contributed by atoms with Crippen molar-refractivity contribution < 1.29 is 0 Å². The van der Waals surface area contributed by atoms with Crippen LogP contribution in [-0.4, -0.2) is 13.4 Å². The van der Waals surface area contributed by atoms with Gasteiger partial charge in [-0.05, 0) is 37.6 Å². The summed E-state index contributed by atoms with van der Waals surface area (Å²) in [5.74, 6) is 0. The van der Waals surface area contributed by atoms with Crippen molar-refractivity contribution in [1.29, 1.82) is 0 Å². The number of nitrogens with zero attached hydrogens (tertiary/aromatic N) is 2. The standard InChI is InChI=1S/C10H12N2.C2H6/c1-4-8-5-6-9(11-2)10(7-8)12-3;1-2/h5-7H,2-4H2,1H3;1-2H3. The third kappa shape index (κ3) is 3.13. The summed E-state index contributed by atoms with van der Waals surface area (Å²) in [5, 5.41) is 0. The Morgan fingerprint density at radius 3 is 2.07 bits per heavy atom. The first kappa shape index (κ1) is 12.6. The van der Waals surface area contributed by atoms with Gasteiger partial charge in [0, 0.05) is 0 Å². The maximum Gasteiger partial charge on any atom is 0.0881 e. The predicted molar refractivity (Wildman–Crippen MR) is 65.6 cm³/mol. The maximum atomic E-state index is 3.87. The van der Waals surface area contributed by atoms with Gasteiger partial charge in [-0.1, -0.05) is 26.8 Å². The van der Waals surface area contributed by atoms with E-state index in [1.165, 1.54) is 5.56 Å². The van der Waals surface area contributed by atoms with E-state index in [-0.39, 0.29) is 0 Å². The minimum atomic E-state index is 0.794. The van der Waals surface area contributed by atoms with Gasteiger partial charge in [0.05, 0.1) is 11.4 Å². The van der Waals surface area contributed by atoms with E-state index in [0.717, 1.165) is 17.8 Å². The van der Waals surface area contributed by atoms with E-state index in [2.05, 4.69) is 30.3 Å². The minimum absolute atomic E-state index is 0.794. The Morgan fingerprint density at radius 1 is 1.07 bits per heavy atom. The molecule has 0 amide bonds. The lowest BCUT2D eigenvalue weighted by Gasteiger charge is -2.01. The normalized spacial score (nSPS) is 8.50. The summed E-state index contributed by atoms with van der Waals surface area (Å²) in [4.78, 5) is 7.70. The molecule has 0 bridgehead atoms. The van der Waals surface area contributed by atoms with Crippen molar-refractivity contribution >= 4 is 24.8 Å². The Bertz CT molecular complexity index is 303. The zero-order valence-corrected chi connectivity index (χ0v) is 9.25. The highest BCUT2D eigenvalue weighted by atomic mass is 14.8. The average molecular weight is 190 g/mol. The molecular formula is C12H18N2. The van der Waals surface area contributed by atoms with Crippen LogP contribution in [0.1, 0.15) is 26.3 Å². The van der Waals surface area contributed by atoms with Crippen molar-refractivity contribution in [3.8, 4) is 0 Å². The van der Waals surface area contributed by atoms with Gasteiger partial charge in [0.15, 0.2) is 0 Å². The van der Waals surface area contributed by atoms with Crippen LogP contribution in [0, 0.1) is 0 Å². The van der Waals surface area contributed by atoms with Gasteiger partial charge in [0.25, 0.3) is 0 Å². The first-order valence-electron chi connectivity index (χ1n) is 4.88. The average Bonchev–Trinajstić information content (AvgIpc) is 2.30. The van der Waals surface area contributed by atoms with Gasteiger partial charge in [-0.15, -0.1) is 0 Å². The van der Waals surface area contributed by atoms with Crippen LogP contribution in [0.4, 0.5) is 11.4 Å². The van der Waals surface area contributed by atoms with Gasteiger partial charge < -0.3 is 0 Å². The van der Waals surface area contributed by atoms with E-state index in [1.54, 1.807) is 0 Å². The molecule has 0 radical (unpaired) electrons. The molecule has 0 saturated heterocycles. The molecule has 0 atom stereocenters. The molecule has 2 heteroatoms. The summed E-state index contributed by atoms with van der Waals surface area (Å²) in [6, 6.07) is 5.92. The molecule has 0 aliphatic carbocycles. The highest BCUT2D eigenvalue weighted by molar-refractivity contribution is 5.67. The molecule has 0 saturated carbocycles. The summed E-state index contributed by atoms with van der Waals surface area (Å²) >= 11 is 0. The van der Waals surface area contributed by atoms with E-state index in [0.29, 0.717) is 0 Å².